The molecule has 3 aromatic rings. The van der Waals surface area contributed by atoms with E-state index in [0.29, 0.717) is 18.9 Å². The van der Waals surface area contributed by atoms with Crippen LogP contribution < -0.4 is 10.6 Å². The molecule has 0 fully saturated rings. The molecule has 0 aliphatic heterocycles. The van der Waals surface area contributed by atoms with E-state index < -0.39 is 5.95 Å². The molecule has 2 N–H and O–H groups in total. The molecule has 0 unspecified atom stereocenters. The molecule has 3 rings (SSSR count). The van der Waals surface area contributed by atoms with Gasteiger partial charge in [-0.2, -0.15) is 4.39 Å². The number of fused-ring (bicyclic) bond motifs is 1. The highest BCUT2D eigenvalue weighted by Gasteiger charge is 2.04. The van der Waals surface area contributed by atoms with Crippen molar-refractivity contribution in [3.63, 3.8) is 0 Å². The first kappa shape index (κ1) is 14.3. The highest BCUT2D eigenvalue weighted by atomic mass is 19.1. The summed E-state index contributed by atoms with van der Waals surface area (Å²) in [7, 11) is 0. The number of pyridine rings is 2. The van der Waals surface area contributed by atoms with Gasteiger partial charge in [0.25, 0.3) is 0 Å². The van der Waals surface area contributed by atoms with Crippen LogP contribution >= 0.6 is 0 Å². The maximum atomic E-state index is 13.0. The quantitative estimate of drug-likeness (QED) is 0.558. The molecule has 0 saturated carbocycles. The first-order valence-corrected chi connectivity index (χ1v) is 7.19. The van der Waals surface area contributed by atoms with Gasteiger partial charge in [-0.3, -0.25) is 4.98 Å². The van der Waals surface area contributed by atoms with Gasteiger partial charge in [-0.1, -0.05) is 24.3 Å². The summed E-state index contributed by atoms with van der Waals surface area (Å²) in [5.74, 6) is 0.0621. The monoisotopic (exact) mass is 296 g/mol. The normalized spacial score (nSPS) is 10.6. The smallest absolute Gasteiger partial charge is 0.214 e. The van der Waals surface area contributed by atoms with Crippen LogP contribution in [0.15, 0.2) is 48.7 Å². The maximum absolute atomic E-state index is 13.0. The highest BCUT2D eigenvalue weighted by molar-refractivity contribution is 5.92. The van der Waals surface area contributed by atoms with Crippen LogP contribution in [0, 0.1) is 12.9 Å². The van der Waals surface area contributed by atoms with Crippen molar-refractivity contribution in [2.24, 2.45) is 0 Å². The number of halogens is 1. The Balaban J connectivity index is 1.66. The van der Waals surface area contributed by atoms with Crippen LogP contribution in [0.2, 0.25) is 0 Å². The first-order chi connectivity index (χ1) is 10.7. The van der Waals surface area contributed by atoms with E-state index in [2.05, 4.69) is 26.7 Å². The Bertz CT molecular complexity index is 788. The zero-order valence-electron chi connectivity index (χ0n) is 12.3. The molecule has 4 nitrogen and oxygen atoms in total. The van der Waals surface area contributed by atoms with Crippen LogP contribution in [0.1, 0.15) is 5.56 Å². The third kappa shape index (κ3) is 3.14. The van der Waals surface area contributed by atoms with E-state index in [0.717, 1.165) is 22.2 Å². The lowest BCUT2D eigenvalue weighted by Crippen LogP contribution is -2.15. The molecule has 112 valence electrons. The Labute approximate surface area is 128 Å². The SMILES string of the molecule is Cc1cnc2ccccc2c1NCCNc1cccc(F)n1. The molecule has 0 aliphatic carbocycles. The van der Waals surface area contributed by atoms with Crippen molar-refractivity contribution in [3.05, 3.63) is 60.2 Å². The highest BCUT2D eigenvalue weighted by Crippen LogP contribution is 2.24. The van der Waals surface area contributed by atoms with Crippen molar-refractivity contribution in [1.82, 2.24) is 9.97 Å². The molecule has 0 aliphatic rings. The molecule has 2 aromatic heterocycles. The fourth-order valence-electron chi connectivity index (χ4n) is 2.36. The van der Waals surface area contributed by atoms with Gasteiger partial charge >= 0.3 is 0 Å². The molecular weight excluding hydrogens is 279 g/mol. The van der Waals surface area contributed by atoms with Gasteiger partial charge in [-0.15, -0.1) is 0 Å². The van der Waals surface area contributed by atoms with Crippen LogP contribution in [0.25, 0.3) is 10.9 Å². The fraction of sp³-hybridized carbons (Fsp3) is 0.176. The molecular formula is C17H17FN4. The molecule has 0 amide bonds. The van der Waals surface area contributed by atoms with E-state index in [-0.39, 0.29) is 0 Å². The van der Waals surface area contributed by atoms with Crippen LogP contribution in [-0.4, -0.2) is 23.1 Å². The van der Waals surface area contributed by atoms with Crippen molar-refractivity contribution in [1.29, 1.82) is 0 Å². The molecule has 0 radical (unpaired) electrons. The van der Waals surface area contributed by atoms with Crippen molar-refractivity contribution in [2.75, 3.05) is 23.7 Å². The lowest BCUT2D eigenvalue weighted by Gasteiger charge is -2.13. The van der Waals surface area contributed by atoms with Crippen LogP contribution in [0.5, 0.6) is 0 Å². The molecule has 1 aromatic carbocycles. The number of aromatic nitrogens is 2. The summed E-state index contributed by atoms with van der Waals surface area (Å²) < 4.78 is 13.0. The minimum atomic E-state index is -0.478. The van der Waals surface area contributed by atoms with Crippen LogP contribution in [-0.2, 0) is 0 Å². The molecule has 0 spiro atoms. The standard InChI is InChI=1S/C17H17FN4/c1-12-11-21-14-6-3-2-5-13(14)17(12)20-10-9-19-16-8-4-7-15(18)22-16/h2-8,11H,9-10H2,1H3,(H,19,22)(H,20,21). The van der Waals surface area contributed by atoms with Gasteiger partial charge in [-0.05, 0) is 30.7 Å². The largest absolute Gasteiger partial charge is 0.382 e. The predicted octanol–water partition coefficient (Wildman–Crippen LogP) is 3.60. The average molecular weight is 296 g/mol. The van der Waals surface area contributed by atoms with Gasteiger partial charge in [0.15, 0.2) is 0 Å². The number of nitrogens with zero attached hydrogens (tertiary/aromatic N) is 2. The summed E-state index contributed by atoms with van der Waals surface area (Å²) in [5, 5.41) is 7.61. The summed E-state index contributed by atoms with van der Waals surface area (Å²) >= 11 is 0. The summed E-state index contributed by atoms with van der Waals surface area (Å²) in [6.45, 7) is 3.38. The zero-order chi connectivity index (χ0) is 15.4. The number of para-hydroxylation sites is 1. The zero-order valence-corrected chi connectivity index (χ0v) is 12.3. The Morgan fingerprint density at radius 2 is 1.82 bits per heavy atom. The summed E-state index contributed by atoms with van der Waals surface area (Å²) in [6, 6.07) is 12.7. The van der Waals surface area contributed by atoms with E-state index in [1.54, 1.807) is 12.1 Å². The minimum Gasteiger partial charge on any atom is -0.382 e. The molecule has 22 heavy (non-hydrogen) atoms. The lowest BCUT2D eigenvalue weighted by molar-refractivity contribution is 0.585. The van der Waals surface area contributed by atoms with Gasteiger partial charge in [0.05, 0.1) is 5.52 Å². The number of hydrogen-bond donors (Lipinski definition) is 2. The van der Waals surface area contributed by atoms with Gasteiger partial charge in [-0.25, -0.2) is 4.98 Å². The van der Waals surface area contributed by atoms with E-state index >= 15 is 0 Å². The number of anilines is 2. The summed E-state index contributed by atoms with van der Waals surface area (Å²) in [5.41, 5.74) is 3.15. The van der Waals surface area contributed by atoms with E-state index in [4.69, 9.17) is 0 Å². The van der Waals surface area contributed by atoms with E-state index in [9.17, 15) is 4.39 Å². The topological polar surface area (TPSA) is 49.8 Å². The fourth-order valence-corrected chi connectivity index (χ4v) is 2.36. The molecule has 0 atom stereocenters. The molecule has 2 heterocycles. The number of hydrogen-bond acceptors (Lipinski definition) is 4. The second kappa shape index (κ2) is 6.39. The molecule has 5 heteroatoms. The molecule has 0 saturated heterocycles. The van der Waals surface area contributed by atoms with Gasteiger partial charge in [0.1, 0.15) is 5.82 Å². The third-order valence-corrected chi connectivity index (χ3v) is 3.41. The minimum absolute atomic E-state index is 0.478. The van der Waals surface area contributed by atoms with Gasteiger partial charge < -0.3 is 10.6 Å². The van der Waals surface area contributed by atoms with E-state index in [1.165, 1.54) is 6.07 Å². The Morgan fingerprint density at radius 3 is 2.68 bits per heavy atom. The van der Waals surface area contributed by atoms with E-state index in [1.807, 2.05) is 31.3 Å². The van der Waals surface area contributed by atoms with Gasteiger partial charge in [0.2, 0.25) is 5.95 Å². The second-order valence-corrected chi connectivity index (χ2v) is 5.03. The predicted molar refractivity (Wildman–Crippen MR) is 87.7 cm³/mol. The number of benzene rings is 1. The Morgan fingerprint density at radius 1 is 1.00 bits per heavy atom. The summed E-state index contributed by atoms with van der Waals surface area (Å²) in [6.07, 6.45) is 1.87. The Kier molecular flexibility index (Phi) is 4.14. The number of rotatable bonds is 5. The van der Waals surface area contributed by atoms with Crippen LogP contribution in [0.3, 0.4) is 0 Å². The van der Waals surface area contributed by atoms with Crippen molar-refractivity contribution in [3.8, 4) is 0 Å². The Hall–Kier alpha value is -2.69. The lowest BCUT2D eigenvalue weighted by atomic mass is 10.1. The second-order valence-electron chi connectivity index (χ2n) is 5.03. The van der Waals surface area contributed by atoms with Crippen molar-refractivity contribution < 1.29 is 4.39 Å². The first-order valence-electron chi connectivity index (χ1n) is 7.19. The number of nitrogens with one attached hydrogen (secondary N) is 2. The van der Waals surface area contributed by atoms with Gasteiger partial charge in [0, 0.05) is 30.4 Å². The van der Waals surface area contributed by atoms with Crippen molar-refractivity contribution >= 4 is 22.4 Å². The number of aryl methyl sites for hydroxylation is 1. The third-order valence-electron chi connectivity index (χ3n) is 3.41. The maximum Gasteiger partial charge on any atom is 0.214 e. The van der Waals surface area contributed by atoms with Crippen molar-refractivity contribution in [2.45, 2.75) is 6.92 Å². The van der Waals surface area contributed by atoms with Crippen LogP contribution in [0.4, 0.5) is 15.9 Å². The average Bonchev–Trinajstić information content (AvgIpc) is 2.53. The molecule has 0 bridgehead atoms. The summed E-state index contributed by atoms with van der Waals surface area (Å²) in [4.78, 5) is 8.19.